The molecule has 1 aromatic heterocycles. The predicted molar refractivity (Wildman–Crippen MR) is 376 cm³/mol. The van der Waals surface area contributed by atoms with Gasteiger partial charge in [-0.1, -0.05) is 34.1 Å². The molecule has 104 heavy (non-hydrogen) atoms. The summed E-state index contributed by atoms with van der Waals surface area (Å²) in [5, 5.41) is 59.0. The number of ketones is 2. The summed E-state index contributed by atoms with van der Waals surface area (Å²) >= 11 is 1.27. The van der Waals surface area contributed by atoms with Crippen LogP contribution in [0.3, 0.4) is 0 Å². The number of thioether (sulfide) groups is 1. The summed E-state index contributed by atoms with van der Waals surface area (Å²) in [7, 11) is -5.56. The van der Waals surface area contributed by atoms with Crippen LogP contribution < -0.4 is 53.4 Å². The van der Waals surface area contributed by atoms with Crippen molar-refractivity contribution in [1.29, 1.82) is 0 Å². The number of ether oxygens (including phenoxy) is 8. The van der Waals surface area contributed by atoms with Crippen molar-refractivity contribution in [2.75, 3.05) is 150 Å². The van der Waals surface area contributed by atoms with Crippen LogP contribution >= 0.6 is 11.8 Å². The number of aromatic amines is 1. The third-order valence-electron chi connectivity index (χ3n) is 17.5. The summed E-state index contributed by atoms with van der Waals surface area (Å²) in [4.78, 5) is 155. The first-order chi connectivity index (χ1) is 50.9. The molecular weight excluding hydrogens is 1410 g/mol. The number of rotatable bonds is 40. The molecule has 0 aliphatic carbocycles. The Balaban J connectivity index is 1.25. The summed E-state index contributed by atoms with van der Waals surface area (Å²) in [5.74, 6) is -16.2. The van der Waals surface area contributed by atoms with Gasteiger partial charge in [0.1, 0.15) is 28.9 Å². The number of nitrogens with two attached hydrogens (primary N) is 2. The van der Waals surface area contributed by atoms with Crippen LogP contribution in [0.5, 0.6) is 5.75 Å². The molecule has 0 radical (unpaired) electrons. The van der Waals surface area contributed by atoms with Gasteiger partial charge in [0, 0.05) is 90.9 Å². The maximum atomic E-state index is 15.4. The fraction of sp³-hybridized carbons (Fsp3) is 0.687. The lowest BCUT2D eigenvalue weighted by Gasteiger charge is -2.32. The predicted octanol–water partition coefficient (Wildman–Crippen LogP) is -3.47. The van der Waals surface area contributed by atoms with Crippen LogP contribution in [0.15, 0.2) is 29.1 Å². The van der Waals surface area contributed by atoms with Gasteiger partial charge in [-0.25, -0.2) is 0 Å². The van der Waals surface area contributed by atoms with Crippen LogP contribution in [0.1, 0.15) is 81.5 Å². The van der Waals surface area contributed by atoms with E-state index in [1.54, 1.807) is 13.8 Å². The Kier molecular flexibility index (Phi) is 36.8. The molecule has 3 aliphatic heterocycles. The number of carboxylic acids is 1. The molecule has 2 aromatic rings. The smallest absolute Gasteiger partial charge is 0.306 e. The molecule has 1 saturated heterocycles. The van der Waals surface area contributed by atoms with Gasteiger partial charge in [-0.15, -0.1) is 0 Å². The van der Waals surface area contributed by atoms with Gasteiger partial charge in [0.05, 0.1) is 183 Å². The lowest BCUT2D eigenvalue weighted by molar-refractivity contribution is -0.144. The molecule has 3 unspecified atom stereocenters. The normalized spacial score (nSPS) is 23.2. The number of H-pyrrole nitrogens is 1. The quantitative estimate of drug-likeness (QED) is 0.0288. The number of amides is 8. The number of aliphatic carboxylic acids is 1. The number of primary amides is 1. The summed E-state index contributed by atoms with van der Waals surface area (Å²) in [6.45, 7) is 8.11. The van der Waals surface area contributed by atoms with E-state index >= 15 is 9.00 Å². The number of aromatic nitrogens is 1. The van der Waals surface area contributed by atoms with Crippen molar-refractivity contribution in [2.24, 2.45) is 41.1 Å². The largest absolute Gasteiger partial charge is 0.496 e. The number of aliphatic hydroxyl groups is 3. The summed E-state index contributed by atoms with van der Waals surface area (Å²) in [6, 6.07) is -4.44. The first-order valence-corrected chi connectivity index (χ1v) is 37.0. The average Bonchev–Trinajstić information content (AvgIpc) is 1.61. The van der Waals surface area contributed by atoms with Crippen molar-refractivity contribution in [3.8, 4) is 5.75 Å². The number of carbonyl (C=O) groups excluding carboxylic acids is 10. The van der Waals surface area contributed by atoms with Crippen LogP contribution in [-0.4, -0.2) is 286 Å². The zero-order chi connectivity index (χ0) is 78.8. The maximum absolute atomic E-state index is 15.4. The standard InChI is InChI=1S/C67H105N11O24S2/c1-6-39(2)47-28-44(80)33-72-61(87)42-26-48-46-7-8-55(95-5)49(37-103-24-23-102-22-21-101-20-19-100-18-17-99-16-15-98-14-13-97-12-11-96-10-9-70-31-43(68)32-71-57(85)25-40(3)67(92)93)60(46)77-65(48)104(94)38-51(74-58(86)34-73-62(47)88)63(89)75-50(30-56(69)84)66(91)78-35-45(81)29-52(78)64(90)76-59(53(82)27-42)41(4)54(83)36-79/h7-8,31,39-42,45,47,50-52,54,59,70,77,79,81,83H,6,9-30,32-38,68H2,1-5H3,(H2,69,84)(H,71,85)(H,72,87)(H,73,88)(H,74,86)(H,75,89)(H,76,90)(H,92,93)/b43-31-/t39-,40?,41-,42+,45+,47-,50-,51?,52-,54-,59-,104?/m0/s1/i5D3. The Morgan fingerprint density at radius 3 is 2.01 bits per heavy atom. The van der Waals surface area contributed by atoms with E-state index in [1.165, 1.54) is 43.9 Å². The summed E-state index contributed by atoms with van der Waals surface area (Å²) in [5.41, 5.74) is 12.2. The Morgan fingerprint density at radius 1 is 0.798 bits per heavy atom. The number of fused-ring (bicyclic) bond motifs is 5. The van der Waals surface area contributed by atoms with E-state index in [1.807, 2.05) is 0 Å². The third kappa shape index (κ3) is 29.1. The third-order valence-corrected chi connectivity index (χ3v) is 19.9. The van der Waals surface area contributed by atoms with Crippen LogP contribution in [0.4, 0.5) is 0 Å². The SMILES string of the molecule is [2H]C([2H])([2H])Oc1ccc2c3c([nH]c2c1CSCCOCCOCCOCCOCCOCCOCCOCCN/C=C(\N)CNC(=O)CC(C)C(=O)O)S(=O)CC1NC(=O)CNC(=O)[C@H]([C@@H](C)CC)CC(=O)CNC(=O)[C@@H](CC(=O)[C@H]([C@@H](C)[C@@H](O)CO)NC(=O)[C@@H]2C[C@@H](O)CN2C(=O)[C@H](CC(N)=O)NC1=O)C3. The summed E-state index contributed by atoms with van der Waals surface area (Å²) < 4.78 is 84.3. The van der Waals surface area contributed by atoms with E-state index in [0.717, 1.165) is 4.90 Å². The van der Waals surface area contributed by atoms with E-state index in [0.29, 0.717) is 83.9 Å². The molecule has 16 N–H and O–H groups in total. The van der Waals surface area contributed by atoms with E-state index < -0.39 is 213 Å². The average molecular weight is 1520 g/mol. The molecule has 3 aliphatic rings. The number of benzene rings is 1. The summed E-state index contributed by atoms with van der Waals surface area (Å²) in [6.07, 6.45) is -4.42. The lowest BCUT2D eigenvalue weighted by Crippen LogP contribution is -2.60. The minimum Gasteiger partial charge on any atom is -0.496 e. The van der Waals surface area contributed by atoms with Gasteiger partial charge in [0.15, 0.2) is 11.6 Å². The number of hydrogen-bond donors (Lipinski definition) is 14. The molecule has 8 amide bonds. The van der Waals surface area contributed by atoms with Crippen LogP contribution in [0.25, 0.3) is 10.9 Å². The van der Waals surface area contributed by atoms with Crippen LogP contribution in [0, 0.1) is 29.6 Å². The molecule has 0 spiro atoms. The Hall–Kier alpha value is -7.43. The highest BCUT2D eigenvalue weighted by Crippen LogP contribution is 2.37. The lowest BCUT2D eigenvalue weighted by atomic mass is 9.85. The first kappa shape index (κ1) is 82.2. The van der Waals surface area contributed by atoms with Crippen molar-refractivity contribution >= 4 is 98.3 Å². The highest BCUT2D eigenvalue weighted by atomic mass is 32.2. The molecule has 0 saturated carbocycles. The van der Waals surface area contributed by atoms with Gasteiger partial charge >= 0.3 is 5.97 Å². The van der Waals surface area contributed by atoms with E-state index in [2.05, 4.69) is 42.2 Å². The van der Waals surface area contributed by atoms with Gasteiger partial charge < -0.3 is 117 Å². The number of Topliss-reactive ketones (excluding diaryl/α,β-unsaturated/α-hetero) is 2. The van der Waals surface area contributed by atoms with Crippen molar-refractivity contribution in [2.45, 2.75) is 120 Å². The second kappa shape index (κ2) is 46.5. The molecule has 584 valence electrons. The number of carboxylic acid groups (broad SMARTS) is 1. The number of aliphatic hydroxyl groups excluding tert-OH is 3. The minimum atomic E-state index is -3.02. The van der Waals surface area contributed by atoms with Crippen LogP contribution in [0.2, 0.25) is 0 Å². The maximum Gasteiger partial charge on any atom is 0.306 e. The second-order valence-electron chi connectivity index (χ2n) is 25.3. The van der Waals surface area contributed by atoms with E-state index in [4.69, 9.17) is 58.6 Å². The Bertz CT molecular complexity index is 3360. The highest BCUT2D eigenvalue weighted by Gasteiger charge is 2.45. The molecule has 2 bridgehead atoms. The Morgan fingerprint density at radius 2 is 1.41 bits per heavy atom. The molecule has 1 aromatic carbocycles. The monoisotopic (exact) mass is 1510 g/mol. The van der Waals surface area contributed by atoms with Crippen LogP contribution in [-0.2, 0) is 109 Å². The van der Waals surface area contributed by atoms with E-state index in [9.17, 15) is 63.3 Å². The van der Waals surface area contributed by atoms with Crippen molar-refractivity contribution < 1.29 is 119 Å². The molecule has 1 fully saturated rings. The molecule has 37 heteroatoms. The van der Waals surface area contributed by atoms with Gasteiger partial charge in [-0.2, -0.15) is 11.8 Å². The second-order valence-corrected chi connectivity index (χ2v) is 27.9. The fourth-order valence-corrected chi connectivity index (χ4v) is 13.6. The fourth-order valence-electron chi connectivity index (χ4n) is 11.3. The molecule has 4 heterocycles. The zero-order valence-electron chi connectivity index (χ0n) is 62.2. The van der Waals surface area contributed by atoms with E-state index in [-0.39, 0.29) is 84.6 Å². The number of methoxy groups -OCH3 is 1. The van der Waals surface area contributed by atoms with Gasteiger partial charge in [-0.05, 0) is 30.0 Å². The number of nitrogens with zero attached hydrogens (tertiary/aromatic N) is 1. The molecule has 5 rings (SSSR count). The van der Waals surface area contributed by atoms with Gasteiger partial charge in [0.2, 0.25) is 47.3 Å². The molecule has 12 atom stereocenters. The topological polar surface area (TPSA) is 515 Å². The van der Waals surface area contributed by atoms with Crippen molar-refractivity contribution in [3.05, 3.63) is 35.2 Å². The molecular formula is C67H105N11O24S2. The zero-order valence-corrected chi connectivity index (χ0v) is 60.8. The first-order valence-electron chi connectivity index (χ1n) is 36.0. The van der Waals surface area contributed by atoms with Crippen molar-refractivity contribution in [1.82, 2.24) is 47.1 Å². The van der Waals surface area contributed by atoms with Crippen molar-refractivity contribution in [3.63, 3.8) is 0 Å². The Labute approximate surface area is 614 Å². The minimum absolute atomic E-state index is 0.00710. The van der Waals surface area contributed by atoms with Gasteiger partial charge in [-0.3, -0.25) is 56.9 Å². The number of carbonyl (C=O) groups is 11. The number of hydrogen-bond acceptors (Lipinski definition) is 26. The molecule has 35 nitrogen and oxygen atoms in total. The van der Waals surface area contributed by atoms with Gasteiger partial charge in [0.25, 0.3) is 0 Å². The number of nitrogens with one attached hydrogen (secondary N) is 8. The highest BCUT2D eigenvalue weighted by molar-refractivity contribution is 7.98.